The molecule has 1 saturated carbocycles. The Bertz CT molecular complexity index is 405. The second-order valence-corrected chi connectivity index (χ2v) is 4.76. The highest BCUT2D eigenvalue weighted by atomic mass is 35.5. The van der Waals surface area contributed by atoms with E-state index < -0.39 is 5.54 Å². The van der Waals surface area contributed by atoms with Crippen molar-refractivity contribution in [3.05, 3.63) is 34.9 Å². The minimum atomic E-state index is -0.626. The summed E-state index contributed by atoms with van der Waals surface area (Å²) in [6.07, 6.45) is 2.61. The molecule has 17 heavy (non-hydrogen) atoms. The Balaban J connectivity index is 0.00000144. The number of benzene rings is 1. The van der Waals surface area contributed by atoms with Gasteiger partial charge in [0.05, 0.1) is 5.54 Å². The minimum absolute atomic E-state index is 0. The highest BCUT2D eigenvalue weighted by molar-refractivity contribution is 6.30. The highest BCUT2D eigenvalue weighted by Crippen LogP contribution is 2.29. The summed E-state index contributed by atoms with van der Waals surface area (Å²) in [5, 5.41) is 3.52. The highest BCUT2D eigenvalue weighted by Gasteiger charge is 2.39. The summed E-state index contributed by atoms with van der Waals surface area (Å²) in [6.45, 7) is 0.484. The van der Waals surface area contributed by atoms with Gasteiger partial charge in [0.15, 0.2) is 0 Å². The van der Waals surface area contributed by atoms with E-state index >= 15 is 0 Å². The lowest BCUT2D eigenvalue weighted by molar-refractivity contribution is -0.129. The zero-order valence-corrected chi connectivity index (χ0v) is 11.0. The summed E-state index contributed by atoms with van der Waals surface area (Å²) in [7, 11) is 0. The second-order valence-electron chi connectivity index (χ2n) is 4.32. The summed E-state index contributed by atoms with van der Waals surface area (Å²) in [4.78, 5) is 11.7. The van der Waals surface area contributed by atoms with Crippen LogP contribution >= 0.6 is 24.0 Å². The predicted octanol–water partition coefficient (Wildman–Crippen LogP) is 2.26. The van der Waals surface area contributed by atoms with Crippen molar-refractivity contribution in [1.29, 1.82) is 0 Å². The van der Waals surface area contributed by atoms with Crippen molar-refractivity contribution in [2.24, 2.45) is 5.73 Å². The molecule has 0 atom stereocenters. The Morgan fingerprint density at radius 3 is 2.71 bits per heavy atom. The summed E-state index contributed by atoms with van der Waals surface area (Å²) in [5.41, 5.74) is 6.27. The van der Waals surface area contributed by atoms with Gasteiger partial charge in [0.25, 0.3) is 0 Å². The van der Waals surface area contributed by atoms with Crippen LogP contribution in [0.3, 0.4) is 0 Å². The van der Waals surface area contributed by atoms with Crippen LogP contribution in [0.5, 0.6) is 0 Å². The Labute approximate surface area is 112 Å². The molecule has 5 heteroatoms. The van der Waals surface area contributed by atoms with Gasteiger partial charge >= 0.3 is 0 Å². The maximum absolute atomic E-state index is 11.7. The number of hydrogen-bond donors (Lipinski definition) is 2. The number of carbonyl (C=O) groups is 1. The molecule has 0 bridgehead atoms. The number of halogens is 2. The van der Waals surface area contributed by atoms with Gasteiger partial charge in [-0.2, -0.15) is 0 Å². The molecule has 1 fully saturated rings. The van der Waals surface area contributed by atoms with Gasteiger partial charge in [-0.15, -0.1) is 12.4 Å². The van der Waals surface area contributed by atoms with Crippen LogP contribution in [0.25, 0.3) is 0 Å². The van der Waals surface area contributed by atoms with Crippen molar-refractivity contribution in [2.75, 3.05) is 0 Å². The molecule has 1 aromatic carbocycles. The first-order valence-electron chi connectivity index (χ1n) is 5.42. The van der Waals surface area contributed by atoms with Crippen LogP contribution in [0.15, 0.2) is 24.3 Å². The first kappa shape index (κ1) is 14.3. The predicted molar refractivity (Wildman–Crippen MR) is 71.3 cm³/mol. The molecule has 0 heterocycles. The topological polar surface area (TPSA) is 55.1 Å². The first-order valence-corrected chi connectivity index (χ1v) is 5.80. The van der Waals surface area contributed by atoms with Gasteiger partial charge in [0.1, 0.15) is 0 Å². The lowest BCUT2D eigenvalue weighted by atomic mass is 9.77. The normalized spacial score (nSPS) is 16.6. The summed E-state index contributed by atoms with van der Waals surface area (Å²) < 4.78 is 0. The van der Waals surface area contributed by atoms with Crippen molar-refractivity contribution < 1.29 is 4.79 Å². The zero-order chi connectivity index (χ0) is 11.6. The monoisotopic (exact) mass is 274 g/mol. The third-order valence-corrected chi connectivity index (χ3v) is 3.28. The summed E-state index contributed by atoms with van der Waals surface area (Å²) in [6, 6.07) is 7.44. The number of nitrogens with two attached hydrogens (primary N) is 1. The van der Waals surface area contributed by atoms with Crippen LogP contribution in [0.4, 0.5) is 0 Å². The maximum Gasteiger partial charge on any atom is 0.240 e. The SMILES string of the molecule is Cl.NC1(C(=O)NCc2cccc(Cl)c2)CCC1. The molecular weight excluding hydrogens is 259 g/mol. The van der Waals surface area contributed by atoms with Crippen LogP contribution in [0.1, 0.15) is 24.8 Å². The van der Waals surface area contributed by atoms with Crippen LogP contribution in [0.2, 0.25) is 5.02 Å². The van der Waals surface area contributed by atoms with Crippen LogP contribution < -0.4 is 11.1 Å². The average Bonchev–Trinajstić information content (AvgIpc) is 2.22. The van der Waals surface area contributed by atoms with Crippen molar-refractivity contribution in [1.82, 2.24) is 5.32 Å². The van der Waals surface area contributed by atoms with Crippen molar-refractivity contribution in [3.8, 4) is 0 Å². The number of hydrogen-bond acceptors (Lipinski definition) is 2. The van der Waals surface area contributed by atoms with E-state index in [1.165, 1.54) is 0 Å². The van der Waals surface area contributed by atoms with Crippen LogP contribution in [-0.4, -0.2) is 11.4 Å². The molecule has 3 N–H and O–H groups in total. The number of amides is 1. The molecule has 0 spiro atoms. The fourth-order valence-corrected chi connectivity index (χ4v) is 2.00. The van der Waals surface area contributed by atoms with Gasteiger partial charge in [0, 0.05) is 11.6 Å². The van der Waals surface area contributed by atoms with E-state index in [4.69, 9.17) is 17.3 Å². The Morgan fingerprint density at radius 1 is 1.47 bits per heavy atom. The van der Waals surface area contributed by atoms with Gasteiger partial charge in [-0.1, -0.05) is 23.7 Å². The lowest BCUT2D eigenvalue weighted by Crippen LogP contribution is -2.58. The molecule has 0 saturated heterocycles. The third kappa shape index (κ3) is 3.35. The Hall–Kier alpha value is -0.770. The summed E-state index contributed by atoms with van der Waals surface area (Å²) in [5.74, 6) is -0.0567. The first-order chi connectivity index (χ1) is 7.60. The minimum Gasteiger partial charge on any atom is -0.350 e. The van der Waals surface area contributed by atoms with Crippen molar-refractivity contribution in [2.45, 2.75) is 31.3 Å². The van der Waals surface area contributed by atoms with Gasteiger partial charge in [-0.3, -0.25) is 4.79 Å². The zero-order valence-electron chi connectivity index (χ0n) is 9.41. The van der Waals surface area contributed by atoms with Gasteiger partial charge in [-0.05, 0) is 37.0 Å². The molecule has 0 radical (unpaired) electrons. The molecule has 1 amide bonds. The van der Waals surface area contributed by atoms with Crippen molar-refractivity contribution in [3.63, 3.8) is 0 Å². The van der Waals surface area contributed by atoms with E-state index in [0.29, 0.717) is 11.6 Å². The van der Waals surface area contributed by atoms with E-state index in [-0.39, 0.29) is 18.3 Å². The molecule has 1 aliphatic carbocycles. The Kier molecular flexibility index (Phi) is 4.80. The molecule has 0 aliphatic heterocycles. The standard InChI is InChI=1S/C12H15ClN2O.ClH/c13-10-4-1-3-9(7-10)8-15-11(16)12(14)5-2-6-12;/h1,3-4,7H,2,5-6,8,14H2,(H,15,16);1H. The van der Waals surface area contributed by atoms with Crippen LogP contribution in [-0.2, 0) is 11.3 Å². The maximum atomic E-state index is 11.7. The molecule has 0 aromatic heterocycles. The second kappa shape index (κ2) is 5.71. The van der Waals surface area contributed by atoms with E-state index in [9.17, 15) is 4.79 Å². The average molecular weight is 275 g/mol. The fraction of sp³-hybridized carbons (Fsp3) is 0.417. The molecule has 0 unspecified atom stereocenters. The molecule has 1 aromatic rings. The molecular formula is C12H16Cl2N2O. The molecule has 1 aliphatic rings. The van der Waals surface area contributed by atoms with Gasteiger partial charge < -0.3 is 11.1 Å². The number of carbonyl (C=O) groups excluding carboxylic acids is 1. The fourth-order valence-electron chi connectivity index (χ4n) is 1.79. The molecule has 3 nitrogen and oxygen atoms in total. The van der Waals surface area contributed by atoms with E-state index in [2.05, 4.69) is 5.32 Å². The van der Waals surface area contributed by atoms with Gasteiger partial charge in [-0.25, -0.2) is 0 Å². The van der Waals surface area contributed by atoms with Crippen LogP contribution in [0, 0.1) is 0 Å². The van der Waals surface area contributed by atoms with E-state index in [0.717, 1.165) is 24.8 Å². The number of nitrogens with one attached hydrogen (secondary N) is 1. The third-order valence-electron chi connectivity index (χ3n) is 3.04. The molecule has 94 valence electrons. The van der Waals surface area contributed by atoms with E-state index in [1.807, 2.05) is 24.3 Å². The van der Waals surface area contributed by atoms with E-state index in [1.54, 1.807) is 0 Å². The lowest BCUT2D eigenvalue weighted by Gasteiger charge is -2.36. The number of rotatable bonds is 3. The Morgan fingerprint density at radius 2 is 2.18 bits per heavy atom. The smallest absolute Gasteiger partial charge is 0.240 e. The van der Waals surface area contributed by atoms with Gasteiger partial charge in [0.2, 0.25) is 5.91 Å². The van der Waals surface area contributed by atoms with Crippen molar-refractivity contribution >= 4 is 29.9 Å². The largest absolute Gasteiger partial charge is 0.350 e. The summed E-state index contributed by atoms with van der Waals surface area (Å²) >= 11 is 5.85. The molecule has 2 rings (SSSR count). The quantitative estimate of drug-likeness (QED) is 0.889.